The van der Waals surface area contributed by atoms with E-state index in [1.807, 2.05) is 0 Å². The quantitative estimate of drug-likeness (QED) is 0.201. The van der Waals surface area contributed by atoms with Gasteiger partial charge in [0.05, 0.1) is 6.54 Å². The molecule has 0 saturated carbocycles. The first kappa shape index (κ1) is 11.0. The fourth-order valence-corrected chi connectivity index (χ4v) is 0.102. The fourth-order valence-electron chi connectivity index (χ4n) is 0.102. The van der Waals surface area contributed by atoms with Crippen LogP contribution in [-0.4, -0.2) is 48.5 Å². The minimum absolute atomic E-state index is 0. The van der Waals surface area contributed by atoms with Gasteiger partial charge < -0.3 is 10.5 Å². The summed E-state index contributed by atoms with van der Waals surface area (Å²) in [7, 11) is 0. The second-order valence-corrected chi connectivity index (χ2v) is 0.790. The summed E-state index contributed by atoms with van der Waals surface area (Å²) < 4.78 is 3.75. The molecule has 0 saturated heterocycles. The van der Waals surface area contributed by atoms with Crippen LogP contribution in [0.3, 0.4) is 0 Å². The van der Waals surface area contributed by atoms with E-state index in [1.54, 1.807) is 0 Å². The predicted octanol–water partition coefficient (Wildman–Crippen LogP) is -2.00. The third-order valence-electron chi connectivity index (χ3n) is 0.346. The molecule has 5 heteroatoms. The van der Waals surface area contributed by atoms with Gasteiger partial charge in [0.25, 0.3) is 0 Å². The van der Waals surface area contributed by atoms with Gasteiger partial charge in [-0.15, -0.1) is 0 Å². The van der Waals surface area contributed by atoms with Crippen LogP contribution in [0.15, 0.2) is 0 Å². The van der Waals surface area contributed by atoms with Crippen LogP contribution in [0.25, 0.3) is 0 Å². The molecule has 0 aliphatic heterocycles. The van der Waals surface area contributed by atoms with Crippen molar-refractivity contribution in [2.24, 2.45) is 5.73 Å². The summed E-state index contributed by atoms with van der Waals surface area (Å²) in [4.78, 5) is 19.1. The van der Waals surface area contributed by atoms with Crippen LogP contribution in [0.5, 0.6) is 0 Å². The van der Waals surface area contributed by atoms with Crippen LogP contribution in [0.2, 0.25) is 0 Å². The summed E-state index contributed by atoms with van der Waals surface area (Å²) in [6.45, 7) is -0.200. The van der Waals surface area contributed by atoms with Crippen molar-refractivity contribution in [1.29, 1.82) is 0 Å². The molecule has 2 N–H and O–H groups in total. The topological polar surface area (TPSA) is 69.4 Å². The number of rotatable bonds is 2. The van der Waals surface area contributed by atoms with Crippen molar-refractivity contribution in [2.75, 3.05) is 6.54 Å². The van der Waals surface area contributed by atoms with Crippen LogP contribution in [0.1, 0.15) is 0 Å². The molecule has 8 heavy (non-hydrogen) atoms. The van der Waals surface area contributed by atoms with Crippen LogP contribution in [0, 0.1) is 0 Å². The Balaban J connectivity index is 0. The van der Waals surface area contributed by atoms with Crippen LogP contribution in [-0.2, 0) is 14.3 Å². The van der Waals surface area contributed by atoms with Gasteiger partial charge in [0.1, 0.15) is 0 Å². The Morgan fingerprint density at radius 2 is 2.25 bits per heavy atom. The van der Waals surface area contributed by atoms with Crippen molar-refractivity contribution in [3.63, 3.8) is 0 Å². The molecule has 0 heterocycles. The molecule has 0 spiro atoms. The molecule has 0 unspecified atom stereocenters. The minimum atomic E-state index is -0.713. The summed E-state index contributed by atoms with van der Waals surface area (Å²) in [5, 5.41) is 0. The van der Waals surface area contributed by atoms with Crippen molar-refractivity contribution < 1.29 is 14.3 Å². The van der Waals surface area contributed by atoms with Crippen molar-refractivity contribution in [2.45, 2.75) is 0 Å². The summed E-state index contributed by atoms with van der Waals surface area (Å²) in [5.41, 5.74) is 4.72. The van der Waals surface area contributed by atoms with Gasteiger partial charge in [-0.3, -0.25) is 9.59 Å². The van der Waals surface area contributed by atoms with Gasteiger partial charge in [0, 0.05) is 0 Å². The first-order valence-electron chi connectivity index (χ1n) is 1.64. The number of carbonyl (C=O) groups is 2. The van der Waals surface area contributed by atoms with Crippen molar-refractivity contribution in [3.05, 3.63) is 0 Å². The summed E-state index contributed by atoms with van der Waals surface area (Å²) in [6, 6.07) is 0. The average molecular weight is 127 g/mol. The molecule has 0 aliphatic rings. The van der Waals surface area contributed by atoms with Crippen LogP contribution < -0.4 is 5.73 Å². The number of hydrogen-bond acceptors (Lipinski definition) is 4. The Hall–Kier alpha value is 0.1000. The van der Waals surface area contributed by atoms with E-state index in [2.05, 4.69) is 4.74 Å². The Labute approximate surface area is 68.7 Å². The zero-order chi connectivity index (χ0) is 5.70. The summed E-state index contributed by atoms with van der Waals surface area (Å²) >= 11 is 0. The Morgan fingerprint density at radius 3 is 2.38 bits per heavy atom. The van der Waals surface area contributed by atoms with E-state index in [1.165, 1.54) is 0 Å². The van der Waals surface area contributed by atoms with E-state index in [-0.39, 0.29) is 42.6 Å². The zero-order valence-corrected chi connectivity index (χ0v) is 3.59. The Bertz CT molecular complexity index is 84.6. The van der Waals surface area contributed by atoms with Crippen molar-refractivity contribution in [1.82, 2.24) is 0 Å². The molecule has 0 amide bonds. The third kappa shape index (κ3) is 6.10. The molecule has 0 radical (unpaired) electrons. The van der Waals surface area contributed by atoms with Crippen LogP contribution >= 0.6 is 0 Å². The third-order valence-corrected chi connectivity index (χ3v) is 0.346. The second-order valence-electron chi connectivity index (χ2n) is 0.790. The standard InChI is InChI=1S/C3H5NO3.Na.H/c4-1-3(6)7-2-5;;/h2H,1,4H2;;. The number of nitrogens with two attached hydrogens (primary N) is 1. The average Bonchev–Trinajstić information content (AvgIpc) is 1.68. The van der Waals surface area contributed by atoms with Crippen LogP contribution in [0.4, 0.5) is 0 Å². The number of hydrogen-bond donors (Lipinski definition) is 1. The molecule has 0 atom stereocenters. The molecule has 4 nitrogen and oxygen atoms in total. The SMILES string of the molecule is NCC(=O)OC=O.[NaH]. The molecular formula is C3H6NNaO3. The zero-order valence-electron chi connectivity index (χ0n) is 3.59. The molecule has 0 aromatic carbocycles. The molecule has 0 fully saturated rings. The van der Waals surface area contributed by atoms with Gasteiger partial charge in [0.15, 0.2) is 0 Å². The normalized spacial score (nSPS) is 6.62. The second kappa shape index (κ2) is 7.10. The Morgan fingerprint density at radius 1 is 1.75 bits per heavy atom. The van der Waals surface area contributed by atoms with Gasteiger partial charge in [0.2, 0.25) is 0 Å². The van der Waals surface area contributed by atoms with Gasteiger partial charge in [-0.05, 0) is 0 Å². The van der Waals surface area contributed by atoms with Gasteiger partial charge in [-0.2, -0.15) is 0 Å². The maximum absolute atomic E-state index is 9.83. The molecule has 0 rings (SSSR count). The predicted molar refractivity (Wildman–Crippen MR) is 28.4 cm³/mol. The van der Waals surface area contributed by atoms with Crippen molar-refractivity contribution in [3.8, 4) is 0 Å². The van der Waals surface area contributed by atoms with E-state index < -0.39 is 5.97 Å². The molecule has 0 aromatic rings. The molecule has 0 bridgehead atoms. The molecule has 0 aromatic heterocycles. The first-order chi connectivity index (χ1) is 3.31. The molecule has 42 valence electrons. The maximum atomic E-state index is 9.83. The van der Waals surface area contributed by atoms with E-state index in [9.17, 15) is 9.59 Å². The fraction of sp³-hybridized carbons (Fsp3) is 0.333. The number of carbonyl (C=O) groups excluding carboxylic acids is 2. The van der Waals surface area contributed by atoms with E-state index in [4.69, 9.17) is 5.73 Å². The molecular weight excluding hydrogens is 121 g/mol. The van der Waals surface area contributed by atoms with E-state index in [0.29, 0.717) is 0 Å². The van der Waals surface area contributed by atoms with E-state index in [0.717, 1.165) is 0 Å². The first-order valence-corrected chi connectivity index (χ1v) is 1.64. The van der Waals surface area contributed by atoms with E-state index >= 15 is 0 Å². The number of esters is 1. The number of ether oxygens (including phenoxy) is 1. The van der Waals surface area contributed by atoms with Gasteiger partial charge in [-0.25, -0.2) is 0 Å². The summed E-state index contributed by atoms with van der Waals surface area (Å²) in [5.74, 6) is -0.713. The Kier molecular flexibility index (Phi) is 9.74. The van der Waals surface area contributed by atoms with Gasteiger partial charge in [-0.1, -0.05) is 0 Å². The molecule has 0 aliphatic carbocycles. The monoisotopic (exact) mass is 127 g/mol. The van der Waals surface area contributed by atoms with Gasteiger partial charge >= 0.3 is 42.0 Å². The van der Waals surface area contributed by atoms with Crippen molar-refractivity contribution >= 4 is 42.0 Å². The summed E-state index contributed by atoms with van der Waals surface area (Å²) in [6.07, 6.45) is 0.